The highest BCUT2D eigenvalue weighted by molar-refractivity contribution is 6.33. The van der Waals surface area contributed by atoms with E-state index in [1.54, 1.807) is 23.1 Å². The fourth-order valence-corrected chi connectivity index (χ4v) is 4.56. The van der Waals surface area contributed by atoms with Crippen LogP contribution in [0.25, 0.3) is 0 Å². The van der Waals surface area contributed by atoms with Crippen LogP contribution in [0.2, 0.25) is 5.02 Å². The Morgan fingerprint density at radius 2 is 1.45 bits per heavy atom. The number of amides is 2. The lowest BCUT2D eigenvalue weighted by Gasteiger charge is -2.39. The van der Waals surface area contributed by atoms with Crippen LogP contribution in [0, 0.1) is 5.92 Å². The Balaban J connectivity index is 1.28. The molecule has 0 radical (unpaired) electrons. The minimum absolute atomic E-state index is 0.0244. The zero-order chi connectivity index (χ0) is 21.8. The summed E-state index contributed by atoms with van der Waals surface area (Å²) in [7, 11) is 0. The second-order valence-electron chi connectivity index (χ2n) is 8.07. The van der Waals surface area contributed by atoms with Crippen LogP contribution in [-0.2, 0) is 4.79 Å². The van der Waals surface area contributed by atoms with E-state index in [0.29, 0.717) is 42.3 Å². The van der Waals surface area contributed by atoms with Crippen molar-refractivity contribution in [1.82, 2.24) is 9.80 Å². The van der Waals surface area contributed by atoms with Gasteiger partial charge < -0.3 is 14.7 Å². The Hall–Kier alpha value is -2.86. The van der Waals surface area contributed by atoms with E-state index in [0.717, 1.165) is 37.9 Å². The van der Waals surface area contributed by atoms with Crippen LogP contribution in [0.4, 0.5) is 5.69 Å². The van der Waals surface area contributed by atoms with E-state index < -0.39 is 0 Å². The number of carbonyl (C=O) groups is 3. The second-order valence-corrected chi connectivity index (χ2v) is 8.48. The van der Waals surface area contributed by atoms with E-state index >= 15 is 0 Å². The molecule has 0 N–H and O–H groups in total. The Morgan fingerprint density at radius 3 is 2.06 bits per heavy atom. The number of piperidine rings is 1. The highest BCUT2D eigenvalue weighted by atomic mass is 35.5. The number of aldehydes is 1. The van der Waals surface area contributed by atoms with Gasteiger partial charge in [0.1, 0.15) is 6.29 Å². The number of rotatable bonds is 4. The van der Waals surface area contributed by atoms with Gasteiger partial charge in [-0.25, -0.2) is 0 Å². The average molecular weight is 440 g/mol. The van der Waals surface area contributed by atoms with Crippen LogP contribution in [0.3, 0.4) is 0 Å². The van der Waals surface area contributed by atoms with Gasteiger partial charge in [0.15, 0.2) is 0 Å². The molecule has 31 heavy (non-hydrogen) atoms. The van der Waals surface area contributed by atoms with E-state index in [1.807, 2.05) is 35.2 Å². The van der Waals surface area contributed by atoms with Crippen molar-refractivity contribution < 1.29 is 14.4 Å². The summed E-state index contributed by atoms with van der Waals surface area (Å²) in [6.45, 7) is 3.81. The molecule has 0 unspecified atom stereocenters. The number of nitrogens with zero attached hydrogens (tertiary/aromatic N) is 3. The van der Waals surface area contributed by atoms with Gasteiger partial charge in [0.2, 0.25) is 5.91 Å². The van der Waals surface area contributed by atoms with Crippen LogP contribution < -0.4 is 4.90 Å². The zero-order valence-electron chi connectivity index (χ0n) is 17.4. The highest BCUT2D eigenvalue weighted by Crippen LogP contribution is 2.26. The third kappa shape index (κ3) is 4.74. The van der Waals surface area contributed by atoms with Crippen molar-refractivity contribution in [3.63, 3.8) is 0 Å². The van der Waals surface area contributed by atoms with Gasteiger partial charge in [0, 0.05) is 56.4 Å². The number of carbonyl (C=O) groups excluding carboxylic acids is 3. The molecule has 2 saturated heterocycles. The lowest BCUT2D eigenvalue weighted by Crippen LogP contribution is -2.53. The van der Waals surface area contributed by atoms with Crippen LogP contribution in [0.15, 0.2) is 48.5 Å². The van der Waals surface area contributed by atoms with E-state index in [4.69, 9.17) is 11.6 Å². The first kappa shape index (κ1) is 21.4. The molecule has 2 heterocycles. The molecule has 2 aliphatic rings. The summed E-state index contributed by atoms with van der Waals surface area (Å²) in [5.74, 6) is 0.142. The maximum atomic E-state index is 13.0. The predicted molar refractivity (Wildman–Crippen MR) is 121 cm³/mol. The van der Waals surface area contributed by atoms with Crippen molar-refractivity contribution in [1.29, 1.82) is 0 Å². The molecule has 2 fully saturated rings. The number of hydrogen-bond acceptors (Lipinski definition) is 4. The van der Waals surface area contributed by atoms with E-state index in [1.165, 1.54) is 0 Å². The minimum Gasteiger partial charge on any atom is -0.371 e. The molecule has 0 bridgehead atoms. The summed E-state index contributed by atoms with van der Waals surface area (Å²) >= 11 is 6.16. The first-order valence-electron chi connectivity index (χ1n) is 10.7. The molecule has 2 aromatic rings. The lowest BCUT2D eigenvalue weighted by atomic mass is 9.94. The largest absolute Gasteiger partial charge is 0.371 e. The number of halogens is 1. The van der Waals surface area contributed by atoms with Crippen molar-refractivity contribution in [2.75, 3.05) is 44.2 Å². The number of hydrogen-bond donors (Lipinski definition) is 0. The topological polar surface area (TPSA) is 60.9 Å². The first-order valence-corrected chi connectivity index (χ1v) is 11.1. The Kier molecular flexibility index (Phi) is 6.56. The molecule has 0 saturated carbocycles. The van der Waals surface area contributed by atoms with Gasteiger partial charge in [-0.2, -0.15) is 0 Å². The Bertz CT molecular complexity index is 947. The van der Waals surface area contributed by atoms with Crippen LogP contribution in [0.5, 0.6) is 0 Å². The van der Waals surface area contributed by atoms with Crippen molar-refractivity contribution in [2.45, 2.75) is 12.8 Å². The molecule has 0 atom stereocenters. The van der Waals surface area contributed by atoms with Crippen molar-refractivity contribution in [3.05, 3.63) is 64.7 Å². The third-order valence-corrected chi connectivity index (χ3v) is 6.55. The van der Waals surface area contributed by atoms with Gasteiger partial charge >= 0.3 is 0 Å². The van der Waals surface area contributed by atoms with E-state index in [2.05, 4.69) is 4.90 Å². The minimum atomic E-state index is -0.0772. The van der Waals surface area contributed by atoms with Gasteiger partial charge in [0.25, 0.3) is 5.91 Å². The van der Waals surface area contributed by atoms with Crippen molar-refractivity contribution in [3.8, 4) is 0 Å². The number of anilines is 1. The molecule has 6 nitrogen and oxygen atoms in total. The van der Waals surface area contributed by atoms with Gasteiger partial charge in [-0.1, -0.05) is 23.7 Å². The van der Waals surface area contributed by atoms with Crippen LogP contribution in [-0.4, -0.2) is 67.2 Å². The highest BCUT2D eigenvalue weighted by Gasteiger charge is 2.31. The smallest absolute Gasteiger partial charge is 0.255 e. The van der Waals surface area contributed by atoms with Crippen LogP contribution in [0.1, 0.15) is 33.6 Å². The van der Waals surface area contributed by atoms with E-state index in [-0.39, 0.29) is 17.7 Å². The predicted octanol–water partition coefficient (Wildman–Crippen LogP) is 3.35. The molecule has 0 spiro atoms. The fourth-order valence-electron chi connectivity index (χ4n) is 4.34. The molecule has 7 heteroatoms. The molecule has 2 amide bonds. The summed E-state index contributed by atoms with van der Waals surface area (Å²) in [5.41, 5.74) is 2.27. The van der Waals surface area contributed by atoms with Gasteiger partial charge in [0.05, 0.1) is 10.6 Å². The molecule has 4 rings (SSSR count). The summed E-state index contributed by atoms with van der Waals surface area (Å²) in [5, 5.41) is 0.457. The van der Waals surface area contributed by atoms with Gasteiger partial charge in [-0.05, 0) is 49.2 Å². The fraction of sp³-hybridized carbons (Fsp3) is 0.375. The van der Waals surface area contributed by atoms with Gasteiger partial charge in [-0.3, -0.25) is 14.4 Å². The average Bonchev–Trinajstić information content (AvgIpc) is 2.84. The second kappa shape index (κ2) is 9.52. The van der Waals surface area contributed by atoms with E-state index in [9.17, 15) is 14.4 Å². The Morgan fingerprint density at radius 1 is 0.839 bits per heavy atom. The third-order valence-electron chi connectivity index (χ3n) is 6.22. The Labute approximate surface area is 187 Å². The summed E-state index contributed by atoms with van der Waals surface area (Å²) in [6, 6.07) is 14.6. The standard InChI is InChI=1S/C24H26ClN3O3/c25-22-4-2-1-3-21(22)24(31)28-15-13-27(14-16-28)23(30)19-9-11-26(12-10-19)20-7-5-18(17-29)6-8-20/h1-8,17,19H,9-16H2. The monoisotopic (exact) mass is 439 g/mol. The lowest BCUT2D eigenvalue weighted by molar-refractivity contribution is -0.137. The molecular weight excluding hydrogens is 414 g/mol. The molecule has 2 aromatic carbocycles. The molecule has 0 aliphatic carbocycles. The maximum Gasteiger partial charge on any atom is 0.255 e. The summed E-state index contributed by atoms with van der Waals surface area (Å²) in [4.78, 5) is 42.5. The summed E-state index contributed by atoms with van der Waals surface area (Å²) < 4.78 is 0. The summed E-state index contributed by atoms with van der Waals surface area (Å²) in [6.07, 6.45) is 2.47. The molecular formula is C24H26ClN3O3. The number of piperazine rings is 1. The quantitative estimate of drug-likeness (QED) is 0.685. The zero-order valence-corrected chi connectivity index (χ0v) is 18.1. The van der Waals surface area contributed by atoms with Crippen molar-refractivity contribution in [2.24, 2.45) is 5.92 Å². The SMILES string of the molecule is O=Cc1ccc(N2CCC(C(=O)N3CCN(C(=O)c4ccccc4Cl)CC3)CC2)cc1. The molecule has 162 valence electrons. The molecule has 0 aromatic heterocycles. The molecule has 2 aliphatic heterocycles. The number of benzene rings is 2. The normalized spacial score (nSPS) is 17.5. The first-order chi connectivity index (χ1) is 15.1. The van der Waals surface area contributed by atoms with Crippen LogP contribution >= 0.6 is 11.6 Å². The maximum absolute atomic E-state index is 13.0. The van der Waals surface area contributed by atoms with Crippen molar-refractivity contribution >= 4 is 35.4 Å². The van der Waals surface area contributed by atoms with Gasteiger partial charge in [-0.15, -0.1) is 0 Å².